The summed E-state index contributed by atoms with van der Waals surface area (Å²) in [6.07, 6.45) is 0. The van der Waals surface area contributed by atoms with Crippen LogP contribution in [-0.4, -0.2) is 15.9 Å². The van der Waals surface area contributed by atoms with Crippen LogP contribution >= 0.6 is 34.7 Å². The highest BCUT2D eigenvalue weighted by molar-refractivity contribution is 7.98. The lowest BCUT2D eigenvalue weighted by molar-refractivity contribution is -0.115. The number of benzene rings is 2. The number of carbonyl (C=O) groups is 1. The average molecular weight is 458 g/mol. The van der Waals surface area contributed by atoms with Gasteiger partial charge in [0.1, 0.15) is 5.52 Å². The van der Waals surface area contributed by atoms with Crippen molar-refractivity contribution in [1.82, 2.24) is 9.97 Å². The summed E-state index contributed by atoms with van der Waals surface area (Å²) >= 11 is 8.93. The van der Waals surface area contributed by atoms with Crippen LogP contribution < -0.4 is 4.90 Å². The van der Waals surface area contributed by atoms with E-state index in [1.165, 1.54) is 28.7 Å². The average Bonchev–Trinajstić information content (AvgIpc) is 3.28. The van der Waals surface area contributed by atoms with E-state index in [1.54, 1.807) is 24.0 Å². The van der Waals surface area contributed by atoms with E-state index in [1.807, 2.05) is 25.3 Å². The molecule has 0 N–H and O–H groups in total. The van der Waals surface area contributed by atoms with E-state index < -0.39 is 0 Å². The quantitative estimate of drug-likeness (QED) is 0.307. The largest absolute Gasteiger partial charge is 0.431 e. The molecular formula is C22H20ClN3O2S2. The number of halogens is 1. The van der Waals surface area contributed by atoms with Gasteiger partial charge >= 0.3 is 0 Å². The molecule has 2 heterocycles. The number of amides is 1. The Morgan fingerprint density at radius 1 is 1.17 bits per heavy atom. The third-order valence-corrected chi connectivity index (χ3v) is 6.55. The molecule has 154 valence electrons. The van der Waals surface area contributed by atoms with Crippen molar-refractivity contribution >= 4 is 62.5 Å². The standard InChI is InChI=1S/C22H20ClN3O2S2/c1-12-7-13(2)20(14(3)8-12)26(15(4)27)21-24-17(10-29-21)11-30-22-25-18-9-16(23)5-6-19(18)28-22/h5-10H,11H2,1-4H3. The van der Waals surface area contributed by atoms with Crippen molar-refractivity contribution in [2.45, 2.75) is 38.7 Å². The molecule has 1 amide bonds. The van der Waals surface area contributed by atoms with E-state index in [9.17, 15) is 4.79 Å². The van der Waals surface area contributed by atoms with Gasteiger partial charge in [-0.3, -0.25) is 9.69 Å². The topological polar surface area (TPSA) is 59.2 Å². The zero-order valence-electron chi connectivity index (χ0n) is 17.0. The first-order valence-corrected chi connectivity index (χ1v) is 11.6. The van der Waals surface area contributed by atoms with Gasteiger partial charge in [-0.25, -0.2) is 9.97 Å². The fourth-order valence-electron chi connectivity index (χ4n) is 3.46. The minimum absolute atomic E-state index is 0.0607. The molecule has 0 saturated carbocycles. The van der Waals surface area contributed by atoms with Crippen LogP contribution in [0.5, 0.6) is 0 Å². The van der Waals surface area contributed by atoms with Gasteiger partial charge in [0, 0.05) is 23.1 Å². The normalized spacial score (nSPS) is 11.2. The Morgan fingerprint density at radius 3 is 2.60 bits per heavy atom. The molecule has 0 unspecified atom stereocenters. The first-order valence-electron chi connectivity index (χ1n) is 9.33. The van der Waals surface area contributed by atoms with Crippen LogP contribution in [0.15, 0.2) is 45.4 Å². The van der Waals surface area contributed by atoms with Crippen LogP contribution in [0.2, 0.25) is 5.02 Å². The van der Waals surface area contributed by atoms with Gasteiger partial charge in [-0.1, -0.05) is 41.1 Å². The first kappa shape index (κ1) is 20.9. The molecule has 0 aliphatic heterocycles. The number of aromatic nitrogens is 2. The molecule has 0 aliphatic carbocycles. The summed E-state index contributed by atoms with van der Waals surface area (Å²) in [4.78, 5) is 23.4. The molecular weight excluding hydrogens is 438 g/mol. The highest BCUT2D eigenvalue weighted by Crippen LogP contribution is 2.36. The predicted octanol–water partition coefficient (Wildman–Crippen LogP) is 6.84. The van der Waals surface area contributed by atoms with Gasteiger partial charge in [0.2, 0.25) is 5.91 Å². The van der Waals surface area contributed by atoms with Crippen molar-refractivity contribution in [1.29, 1.82) is 0 Å². The SMILES string of the molecule is CC(=O)N(c1nc(CSc2nc3cc(Cl)ccc3o2)cs1)c1c(C)cc(C)cc1C. The lowest BCUT2D eigenvalue weighted by atomic mass is 10.0. The molecule has 0 bridgehead atoms. The summed E-state index contributed by atoms with van der Waals surface area (Å²) in [5.74, 6) is 0.531. The summed E-state index contributed by atoms with van der Waals surface area (Å²) in [7, 11) is 0. The van der Waals surface area contributed by atoms with Crippen molar-refractivity contribution in [3.63, 3.8) is 0 Å². The Bertz CT molecular complexity index is 1230. The van der Waals surface area contributed by atoms with Crippen LogP contribution in [-0.2, 0) is 10.5 Å². The van der Waals surface area contributed by atoms with Crippen molar-refractivity contribution in [2.75, 3.05) is 4.90 Å². The molecule has 30 heavy (non-hydrogen) atoms. The molecule has 2 aromatic heterocycles. The summed E-state index contributed by atoms with van der Waals surface area (Å²) in [6.45, 7) is 7.67. The van der Waals surface area contributed by atoms with Gasteiger partial charge < -0.3 is 4.42 Å². The number of nitrogens with zero attached hydrogens (tertiary/aromatic N) is 3. The number of fused-ring (bicyclic) bond motifs is 1. The fourth-order valence-corrected chi connectivity index (χ4v) is 5.33. The molecule has 0 aliphatic rings. The molecule has 0 atom stereocenters. The van der Waals surface area contributed by atoms with Crippen molar-refractivity contribution in [3.05, 3.63) is 63.1 Å². The molecule has 5 nitrogen and oxygen atoms in total. The van der Waals surface area contributed by atoms with Crippen molar-refractivity contribution < 1.29 is 9.21 Å². The number of thiazole rings is 1. The Kier molecular flexibility index (Phi) is 5.86. The molecule has 0 saturated heterocycles. The molecule has 0 fully saturated rings. The fraction of sp³-hybridized carbons (Fsp3) is 0.227. The number of aryl methyl sites for hydroxylation is 3. The number of hydrogen-bond acceptors (Lipinski definition) is 6. The highest BCUT2D eigenvalue weighted by Gasteiger charge is 2.22. The lowest BCUT2D eigenvalue weighted by Gasteiger charge is -2.23. The minimum atomic E-state index is -0.0607. The maximum absolute atomic E-state index is 12.5. The maximum atomic E-state index is 12.5. The summed E-state index contributed by atoms with van der Waals surface area (Å²) in [5, 5.41) is 3.83. The van der Waals surface area contributed by atoms with E-state index >= 15 is 0 Å². The van der Waals surface area contributed by atoms with Crippen LogP contribution in [0.4, 0.5) is 10.8 Å². The maximum Gasteiger partial charge on any atom is 0.257 e. The first-order chi connectivity index (χ1) is 14.3. The summed E-state index contributed by atoms with van der Waals surface area (Å²) in [6, 6.07) is 9.54. The number of hydrogen-bond donors (Lipinski definition) is 0. The van der Waals surface area contributed by atoms with Gasteiger partial charge in [-0.15, -0.1) is 11.3 Å². The van der Waals surface area contributed by atoms with Crippen molar-refractivity contribution in [2.24, 2.45) is 0 Å². The van der Waals surface area contributed by atoms with Gasteiger partial charge in [-0.05, 0) is 50.1 Å². The summed E-state index contributed by atoms with van der Waals surface area (Å²) in [5.41, 5.74) is 6.49. The van der Waals surface area contributed by atoms with Crippen LogP contribution in [0.1, 0.15) is 29.3 Å². The molecule has 0 radical (unpaired) electrons. The second-order valence-electron chi connectivity index (χ2n) is 7.10. The number of anilines is 2. The Morgan fingerprint density at radius 2 is 1.90 bits per heavy atom. The van der Waals surface area contributed by atoms with Gasteiger partial charge in [0.25, 0.3) is 5.22 Å². The van der Waals surface area contributed by atoms with Crippen LogP contribution in [0.25, 0.3) is 11.1 Å². The molecule has 2 aromatic carbocycles. The van der Waals surface area contributed by atoms with E-state index in [-0.39, 0.29) is 5.91 Å². The highest BCUT2D eigenvalue weighted by atomic mass is 35.5. The number of oxazole rings is 1. The molecule has 4 rings (SSSR count). The molecule has 0 spiro atoms. The zero-order valence-corrected chi connectivity index (χ0v) is 19.4. The number of rotatable bonds is 5. The third-order valence-electron chi connectivity index (χ3n) is 4.58. The van der Waals surface area contributed by atoms with Crippen molar-refractivity contribution in [3.8, 4) is 0 Å². The van der Waals surface area contributed by atoms with Gasteiger partial charge in [-0.2, -0.15) is 0 Å². The van der Waals surface area contributed by atoms with Gasteiger partial charge in [0.15, 0.2) is 10.7 Å². The second-order valence-corrected chi connectivity index (χ2v) is 9.30. The Labute approximate surface area is 188 Å². The third kappa shape index (κ3) is 4.24. The molecule has 8 heteroatoms. The zero-order chi connectivity index (χ0) is 21.4. The lowest BCUT2D eigenvalue weighted by Crippen LogP contribution is -2.24. The van der Waals surface area contributed by atoms with E-state index in [4.69, 9.17) is 21.0 Å². The monoisotopic (exact) mass is 457 g/mol. The predicted molar refractivity (Wildman–Crippen MR) is 124 cm³/mol. The van der Waals surface area contributed by atoms with Crippen LogP contribution in [0, 0.1) is 20.8 Å². The smallest absolute Gasteiger partial charge is 0.257 e. The van der Waals surface area contributed by atoms with Crippen LogP contribution in [0.3, 0.4) is 0 Å². The summed E-state index contributed by atoms with van der Waals surface area (Å²) < 4.78 is 5.75. The Hall–Kier alpha value is -2.35. The van der Waals surface area contributed by atoms with Gasteiger partial charge in [0.05, 0.1) is 11.4 Å². The number of thioether (sulfide) groups is 1. The minimum Gasteiger partial charge on any atom is -0.431 e. The molecule has 4 aromatic rings. The van der Waals surface area contributed by atoms with E-state index in [0.29, 0.717) is 26.7 Å². The van der Waals surface area contributed by atoms with E-state index in [2.05, 4.69) is 24.0 Å². The second kappa shape index (κ2) is 8.41. The number of carbonyl (C=O) groups excluding carboxylic acids is 1. The Balaban J connectivity index is 1.56. The van der Waals surface area contributed by atoms with E-state index in [0.717, 1.165) is 28.0 Å².